The van der Waals surface area contributed by atoms with Crippen LogP contribution in [0, 0.1) is 26.2 Å². The van der Waals surface area contributed by atoms with Gasteiger partial charge in [-0.25, -0.2) is 0 Å². The Morgan fingerprint density at radius 2 is 2.07 bits per heavy atom. The summed E-state index contributed by atoms with van der Waals surface area (Å²) < 4.78 is 0. The lowest BCUT2D eigenvalue weighted by molar-refractivity contribution is 0.667. The molecule has 0 spiro atoms. The minimum atomic E-state index is 0.0744. The van der Waals surface area contributed by atoms with E-state index in [9.17, 15) is 0 Å². The van der Waals surface area contributed by atoms with Crippen LogP contribution in [0.4, 0.5) is 0 Å². The fourth-order valence-corrected chi connectivity index (χ4v) is 1.40. The second-order valence-corrected chi connectivity index (χ2v) is 3.69. The van der Waals surface area contributed by atoms with Crippen LogP contribution in [0.5, 0.6) is 0 Å². The highest BCUT2D eigenvalue weighted by Gasteiger charge is 2.05. The summed E-state index contributed by atoms with van der Waals surface area (Å²) in [6, 6.07) is 6.42. The first-order chi connectivity index (χ1) is 6.65. The molecule has 0 aliphatic heterocycles. The van der Waals surface area contributed by atoms with Gasteiger partial charge in [0.15, 0.2) is 0 Å². The standard InChI is InChI=1S/C13H17N/c1-4-5-6-13(14)12-8-7-10(2)11(3)9-12/h1,7-9,13H,5-6,14H2,2-3H3. The zero-order valence-electron chi connectivity index (χ0n) is 8.88. The molecule has 0 fully saturated rings. The Balaban J connectivity index is 2.76. The highest BCUT2D eigenvalue weighted by atomic mass is 14.6. The lowest BCUT2D eigenvalue weighted by atomic mass is 9.99. The van der Waals surface area contributed by atoms with E-state index >= 15 is 0 Å². The van der Waals surface area contributed by atoms with Gasteiger partial charge in [0.25, 0.3) is 0 Å². The second-order valence-electron chi connectivity index (χ2n) is 3.69. The van der Waals surface area contributed by atoms with Gasteiger partial charge in [0, 0.05) is 12.5 Å². The quantitative estimate of drug-likeness (QED) is 0.723. The molecular weight excluding hydrogens is 170 g/mol. The van der Waals surface area contributed by atoms with E-state index in [-0.39, 0.29) is 6.04 Å². The van der Waals surface area contributed by atoms with Gasteiger partial charge in [-0.1, -0.05) is 18.2 Å². The third kappa shape index (κ3) is 2.61. The monoisotopic (exact) mass is 187 g/mol. The highest BCUT2D eigenvalue weighted by Crippen LogP contribution is 2.18. The Labute approximate surface area is 86.3 Å². The summed E-state index contributed by atoms with van der Waals surface area (Å²) >= 11 is 0. The minimum Gasteiger partial charge on any atom is -0.324 e. The molecular formula is C13H17N. The summed E-state index contributed by atoms with van der Waals surface area (Å²) in [5.41, 5.74) is 9.78. The first kappa shape index (κ1) is 10.8. The summed E-state index contributed by atoms with van der Waals surface area (Å²) in [4.78, 5) is 0. The minimum absolute atomic E-state index is 0.0744. The summed E-state index contributed by atoms with van der Waals surface area (Å²) in [5, 5.41) is 0. The zero-order chi connectivity index (χ0) is 10.6. The maximum Gasteiger partial charge on any atom is 0.0304 e. The van der Waals surface area contributed by atoms with Crippen LogP contribution in [0.25, 0.3) is 0 Å². The number of terminal acetylenes is 1. The molecule has 1 heteroatoms. The predicted octanol–water partition coefficient (Wildman–Crippen LogP) is 2.72. The van der Waals surface area contributed by atoms with E-state index < -0.39 is 0 Å². The molecule has 14 heavy (non-hydrogen) atoms. The average molecular weight is 187 g/mol. The van der Waals surface area contributed by atoms with Crippen molar-refractivity contribution in [1.82, 2.24) is 0 Å². The lowest BCUT2D eigenvalue weighted by Gasteiger charge is -2.12. The van der Waals surface area contributed by atoms with Gasteiger partial charge in [-0.3, -0.25) is 0 Å². The SMILES string of the molecule is C#CCCC(N)c1ccc(C)c(C)c1. The van der Waals surface area contributed by atoms with Crippen LogP contribution in [0.15, 0.2) is 18.2 Å². The van der Waals surface area contributed by atoms with Crippen LogP contribution >= 0.6 is 0 Å². The predicted molar refractivity (Wildman–Crippen MR) is 60.9 cm³/mol. The molecule has 1 atom stereocenters. The highest BCUT2D eigenvalue weighted by molar-refractivity contribution is 5.31. The van der Waals surface area contributed by atoms with Gasteiger partial charge in [0.2, 0.25) is 0 Å². The largest absolute Gasteiger partial charge is 0.324 e. The molecule has 1 aromatic carbocycles. The van der Waals surface area contributed by atoms with E-state index in [4.69, 9.17) is 12.2 Å². The summed E-state index contributed by atoms with van der Waals surface area (Å²) in [6.45, 7) is 4.21. The Kier molecular flexibility index (Phi) is 3.73. The molecule has 0 aromatic heterocycles. The summed E-state index contributed by atoms with van der Waals surface area (Å²) in [6.07, 6.45) is 6.81. The Morgan fingerprint density at radius 3 is 2.64 bits per heavy atom. The third-order valence-electron chi connectivity index (χ3n) is 2.56. The van der Waals surface area contributed by atoms with Gasteiger partial charge < -0.3 is 5.73 Å². The van der Waals surface area contributed by atoms with E-state index in [1.165, 1.54) is 16.7 Å². The van der Waals surface area contributed by atoms with Crippen molar-refractivity contribution < 1.29 is 0 Å². The third-order valence-corrected chi connectivity index (χ3v) is 2.56. The first-order valence-corrected chi connectivity index (χ1v) is 4.91. The van der Waals surface area contributed by atoms with Crippen LogP contribution in [0.1, 0.15) is 35.6 Å². The van der Waals surface area contributed by atoms with Gasteiger partial charge in [0.05, 0.1) is 0 Å². The number of benzene rings is 1. The second kappa shape index (κ2) is 4.83. The lowest BCUT2D eigenvalue weighted by Crippen LogP contribution is -2.10. The normalized spacial score (nSPS) is 12.1. The van der Waals surface area contributed by atoms with Crippen LogP contribution in [-0.4, -0.2) is 0 Å². The van der Waals surface area contributed by atoms with Gasteiger partial charge in [-0.2, -0.15) is 0 Å². The zero-order valence-corrected chi connectivity index (χ0v) is 8.88. The molecule has 0 aliphatic rings. The number of hydrogen-bond acceptors (Lipinski definition) is 1. The molecule has 0 aliphatic carbocycles. The number of aryl methyl sites for hydroxylation is 2. The Bertz CT molecular complexity index is 347. The van der Waals surface area contributed by atoms with E-state index in [2.05, 4.69) is 38.0 Å². The Morgan fingerprint density at radius 1 is 1.36 bits per heavy atom. The maximum absolute atomic E-state index is 6.00. The summed E-state index contributed by atoms with van der Waals surface area (Å²) in [7, 11) is 0. The van der Waals surface area contributed by atoms with Gasteiger partial charge in [-0.15, -0.1) is 12.3 Å². The molecule has 1 aromatic rings. The van der Waals surface area contributed by atoms with Gasteiger partial charge in [0.1, 0.15) is 0 Å². The molecule has 1 rings (SSSR count). The fraction of sp³-hybridized carbons (Fsp3) is 0.385. The molecule has 0 radical (unpaired) electrons. The van der Waals surface area contributed by atoms with Crippen molar-refractivity contribution in [3.8, 4) is 12.3 Å². The van der Waals surface area contributed by atoms with Crippen molar-refractivity contribution in [3.05, 3.63) is 34.9 Å². The molecule has 1 unspecified atom stereocenters. The maximum atomic E-state index is 6.00. The van der Waals surface area contributed by atoms with Crippen LogP contribution in [-0.2, 0) is 0 Å². The topological polar surface area (TPSA) is 26.0 Å². The van der Waals surface area contributed by atoms with E-state index in [0.717, 1.165) is 12.8 Å². The number of nitrogens with two attached hydrogens (primary N) is 1. The number of rotatable bonds is 3. The molecule has 1 nitrogen and oxygen atoms in total. The van der Waals surface area contributed by atoms with Crippen molar-refractivity contribution in [1.29, 1.82) is 0 Å². The molecule has 0 amide bonds. The van der Waals surface area contributed by atoms with Gasteiger partial charge >= 0.3 is 0 Å². The smallest absolute Gasteiger partial charge is 0.0304 e. The van der Waals surface area contributed by atoms with Crippen molar-refractivity contribution >= 4 is 0 Å². The van der Waals surface area contributed by atoms with Crippen LogP contribution < -0.4 is 5.73 Å². The molecule has 2 N–H and O–H groups in total. The van der Waals surface area contributed by atoms with E-state index in [1.54, 1.807) is 0 Å². The average Bonchev–Trinajstić information content (AvgIpc) is 2.18. The molecule has 0 bridgehead atoms. The van der Waals surface area contributed by atoms with Gasteiger partial charge in [-0.05, 0) is 37.0 Å². The van der Waals surface area contributed by atoms with Crippen LogP contribution in [0.2, 0.25) is 0 Å². The molecule has 0 saturated carbocycles. The summed E-state index contributed by atoms with van der Waals surface area (Å²) in [5.74, 6) is 2.61. The van der Waals surface area contributed by atoms with Crippen LogP contribution in [0.3, 0.4) is 0 Å². The molecule has 0 heterocycles. The molecule has 0 saturated heterocycles. The van der Waals surface area contributed by atoms with Crippen molar-refractivity contribution in [2.24, 2.45) is 5.73 Å². The van der Waals surface area contributed by atoms with Crippen molar-refractivity contribution in [2.45, 2.75) is 32.7 Å². The first-order valence-electron chi connectivity index (χ1n) is 4.91. The van der Waals surface area contributed by atoms with E-state index in [1.807, 2.05) is 0 Å². The molecule has 74 valence electrons. The van der Waals surface area contributed by atoms with E-state index in [0.29, 0.717) is 0 Å². The van der Waals surface area contributed by atoms with Crippen molar-refractivity contribution in [3.63, 3.8) is 0 Å². The Hall–Kier alpha value is -1.26. The number of hydrogen-bond donors (Lipinski definition) is 1. The fourth-order valence-electron chi connectivity index (χ4n) is 1.40. The van der Waals surface area contributed by atoms with Crippen molar-refractivity contribution in [2.75, 3.05) is 0 Å².